The van der Waals surface area contributed by atoms with Gasteiger partial charge in [-0.2, -0.15) is 0 Å². The molecular formula is C12H13NO2. The lowest BCUT2D eigenvalue weighted by Crippen LogP contribution is -1.99. The van der Waals surface area contributed by atoms with Crippen molar-refractivity contribution in [2.45, 2.75) is 38.2 Å². The van der Waals surface area contributed by atoms with Gasteiger partial charge in [0.15, 0.2) is 0 Å². The van der Waals surface area contributed by atoms with Gasteiger partial charge in [-0.1, -0.05) is 12.8 Å². The molecule has 0 aromatic carbocycles. The second-order valence-corrected chi connectivity index (χ2v) is 4.32. The normalized spacial score (nSPS) is 20.4. The van der Waals surface area contributed by atoms with Crippen molar-refractivity contribution in [3.63, 3.8) is 0 Å². The number of fused-ring (bicyclic) bond motifs is 1. The Morgan fingerprint density at radius 1 is 1.33 bits per heavy atom. The lowest BCUT2D eigenvalue weighted by atomic mass is 9.98. The first-order chi connectivity index (χ1) is 7.34. The third-order valence-corrected chi connectivity index (χ3v) is 3.38. The molecule has 1 aromatic rings. The van der Waals surface area contributed by atoms with Crippen LogP contribution >= 0.6 is 0 Å². The Kier molecular flexibility index (Phi) is 1.97. The van der Waals surface area contributed by atoms with Gasteiger partial charge in [0.25, 0.3) is 0 Å². The van der Waals surface area contributed by atoms with Crippen molar-refractivity contribution in [1.29, 1.82) is 0 Å². The fourth-order valence-corrected chi connectivity index (χ4v) is 2.50. The Morgan fingerprint density at radius 3 is 2.93 bits per heavy atom. The van der Waals surface area contributed by atoms with E-state index in [1.807, 2.05) is 12.3 Å². The molecule has 78 valence electrons. The molecular weight excluding hydrogens is 190 g/mol. The smallest absolute Gasteiger partial charge is 0.340 e. The summed E-state index contributed by atoms with van der Waals surface area (Å²) >= 11 is 0. The maximum Gasteiger partial charge on any atom is 0.340 e. The van der Waals surface area contributed by atoms with E-state index in [0.717, 1.165) is 5.69 Å². The minimum Gasteiger partial charge on any atom is -0.456 e. The molecule has 0 bridgehead atoms. The molecule has 0 spiro atoms. The topological polar surface area (TPSA) is 39.2 Å². The molecule has 0 radical (unpaired) electrons. The largest absolute Gasteiger partial charge is 0.456 e. The number of carbonyl (C=O) groups is 1. The number of hydrogen-bond acceptors (Lipinski definition) is 3. The summed E-state index contributed by atoms with van der Waals surface area (Å²) in [6.45, 7) is 0.346. The standard InChI is InChI=1S/C12H13NO2/c14-12-10-5-9(8-3-1-2-4-8)6-13-11(10)7-15-12/h5-6,8H,1-4,7H2. The molecule has 2 heterocycles. The fraction of sp³-hybridized carbons (Fsp3) is 0.500. The van der Waals surface area contributed by atoms with Crippen molar-refractivity contribution in [1.82, 2.24) is 4.98 Å². The number of carbonyl (C=O) groups excluding carboxylic acids is 1. The molecule has 0 atom stereocenters. The summed E-state index contributed by atoms with van der Waals surface area (Å²) in [5.41, 5.74) is 2.69. The van der Waals surface area contributed by atoms with E-state index in [4.69, 9.17) is 4.74 Å². The maximum absolute atomic E-state index is 11.4. The lowest BCUT2D eigenvalue weighted by molar-refractivity contribution is 0.0533. The number of ether oxygens (including phenoxy) is 1. The Bertz CT molecular complexity index is 408. The summed E-state index contributed by atoms with van der Waals surface area (Å²) in [5, 5.41) is 0. The molecule has 1 aliphatic heterocycles. The van der Waals surface area contributed by atoms with Gasteiger partial charge in [0.05, 0.1) is 11.3 Å². The van der Waals surface area contributed by atoms with Crippen LogP contribution in [0.2, 0.25) is 0 Å². The highest BCUT2D eigenvalue weighted by molar-refractivity contribution is 5.92. The molecule has 1 saturated carbocycles. The first-order valence-electron chi connectivity index (χ1n) is 5.50. The van der Waals surface area contributed by atoms with Crippen LogP contribution < -0.4 is 0 Å². The van der Waals surface area contributed by atoms with Crippen LogP contribution in [0.1, 0.15) is 53.2 Å². The molecule has 3 heteroatoms. The van der Waals surface area contributed by atoms with Crippen molar-refractivity contribution in [2.75, 3.05) is 0 Å². The number of aromatic nitrogens is 1. The van der Waals surface area contributed by atoms with E-state index < -0.39 is 0 Å². The van der Waals surface area contributed by atoms with Crippen LogP contribution in [0, 0.1) is 0 Å². The Labute approximate surface area is 88.5 Å². The molecule has 0 amide bonds. The van der Waals surface area contributed by atoms with E-state index in [0.29, 0.717) is 18.1 Å². The van der Waals surface area contributed by atoms with Gasteiger partial charge in [-0.25, -0.2) is 4.79 Å². The molecule has 1 aromatic heterocycles. The van der Waals surface area contributed by atoms with Gasteiger partial charge in [0, 0.05) is 6.20 Å². The summed E-state index contributed by atoms with van der Waals surface area (Å²) in [5.74, 6) is 0.397. The average Bonchev–Trinajstić information content (AvgIpc) is 2.88. The zero-order valence-electron chi connectivity index (χ0n) is 8.53. The van der Waals surface area contributed by atoms with Crippen molar-refractivity contribution in [3.8, 4) is 0 Å². The quantitative estimate of drug-likeness (QED) is 0.658. The summed E-state index contributed by atoms with van der Waals surface area (Å²) in [6.07, 6.45) is 6.97. The van der Waals surface area contributed by atoms with E-state index >= 15 is 0 Å². The van der Waals surface area contributed by atoms with Crippen LogP contribution in [-0.2, 0) is 11.3 Å². The zero-order valence-corrected chi connectivity index (χ0v) is 8.53. The molecule has 15 heavy (non-hydrogen) atoms. The highest BCUT2D eigenvalue weighted by Crippen LogP contribution is 2.34. The van der Waals surface area contributed by atoms with E-state index in [1.54, 1.807) is 0 Å². The van der Waals surface area contributed by atoms with Crippen LogP contribution in [-0.4, -0.2) is 11.0 Å². The number of pyridine rings is 1. The van der Waals surface area contributed by atoms with Crippen LogP contribution in [0.15, 0.2) is 12.3 Å². The second-order valence-electron chi connectivity index (χ2n) is 4.32. The number of esters is 1. The van der Waals surface area contributed by atoms with Gasteiger partial charge in [-0.3, -0.25) is 4.98 Å². The van der Waals surface area contributed by atoms with Crippen LogP contribution in [0.4, 0.5) is 0 Å². The van der Waals surface area contributed by atoms with Crippen molar-refractivity contribution in [2.24, 2.45) is 0 Å². The maximum atomic E-state index is 11.4. The van der Waals surface area contributed by atoms with E-state index in [-0.39, 0.29) is 5.97 Å². The summed E-state index contributed by atoms with van der Waals surface area (Å²) < 4.78 is 4.94. The SMILES string of the molecule is O=C1OCc2ncc(C3CCCC3)cc21. The third-order valence-electron chi connectivity index (χ3n) is 3.38. The number of hydrogen-bond donors (Lipinski definition) is 0. The van der Waals surface area contributed by atoms with Gasteiger partial charge in [0.1, 0.15) is 6.61 Å². The molecule has 0 saturated heterocycles. The van der Waals surface area contributed by atoms with Crippen molar-refractivity contribution >= 4 is 5.97 Å². The highest BCUT2D eigenvalue weighted by Gasteiger charge is 2.25. The van der Waals surface area contributed by atoms with Gasteiger partial charge in [0.2, 0.25) is 0 Å². The Hall–Kier alpha value is -1.38. The molecule has 0 N–H and O–H groups in total. The van der Waals surface area contributed by atoms with Crippen LogP contribution in [0.25, 0.3) is 0 Å². The van der Waals surface area contributed by atoms with Gasteiger partial charge in [-0.05, 0) is 30.4 Å². The molecule has 0 unspecified atom stereocenters. The van der Waals surface area contributed by atoms with Gasteiger partial charge >= 0.3 is 5.97 Å². The number of nitrogens with zero attached hydrogens (tertiary/aromatic N) is 1. The molecule has 3 rings (SSSR count). The van der Waals surface area contributed by atoms with Crippen LogP contribution in [0.5, 0.6) is 0 Å². The van der Waals surface area contributed by atoms with Crippen molar-refractivity contribution < 1.29 is 9.53 Å². The average molecular weight is 203 g/mol. The van der Waals surface area contributed by atoms with E-state index in [9.17, 15) is 4.79 Å². The van der Waals surface area contributed by atoms with Gasteiger partial charge in [-0.15, -0.1) is 0 Å². The number of rotatable bonds is 1. The monoisotopic (exact) mass is 203 g/mol. The first-order valence-corrected chi connectivity index (χ1v) is 5.50. The van der Waals surface area contributed by atoms with Crippen LogP contribution in [0.3, 0.4) is 0 Å². The molecule has 3 nitrogen and oxygen atoms in total. The third kappa shape index (κ3) is 1.42. The minimum absolute atomic E-state index is 0.211. The minimum atomic E-state index is -0.211. The molecule has 2 aliphatic rings. The molecule has 1 aliphatic carbocycles. The highest BCUT2D eigenvalue weighted by atomic mass is 16.5. The van der Waals surface area contributed by atoms with Gasteiger partial charge < -0.3 is 4.74 Å². The predicted octanol–water partition coefficient (Wildman–Crippen LogP) is 2.41. The lowest BCUT2D eigenvalue weighted by Gasteiger charge is -2.08. The Balaban J connectivity index is 1.97. The van der Waals surface area contributed by atoms with E-state index in [1.165, 1.54) is 31.2 Å². The predicted molar refractivity (Wildman–Crippen MR) is 54.6 cm³/mol. The fourth-order valence-electron chi connectivity index (χ4n) is 2.50. The second kappa shape index (κ2) is 3.33. The summed E-state index contributed by atoms with van der Waals surface area (Å²) in [7, 11) is 0. The molecule has 1 fully saturated rings. The van der Waals surface area contributed by atoms with E-state index in [2.05, 4.69) is 4.98 Å². The Morgan fingerprint density at radius 2 is 2.13 bits per heavy atom. The van der Waals surface area contributed by atoms with Crippen molar-refractivity contribution in [3.05, 3.63) is 29.1 Å². The summed E-state index contributed by atoms with van der Waals surface area (Å²) in [6, 6.07) is 1.98. The number of cyclic esters (lactones) is 1. The zero-order chi connectivity index (χ0) is 10.3. The first kappa shape index (κ1) is 8.89. The summed E-state index contributed by atoms with van der Waals surface area (Å²) in [4.78, 5) is 15.7.